The van der Waals surface area contributed by atoms with Crippen LogP contribution in [0.25, 0.3) is 0 Å². The second-order valence-electron chi connectivity index (χ2n) is 7.42. The van der Waals surface area contributed by atoms with Gasteiger partial charge in [-0.25, -0.2) is 4.98 Å². The Bertz CT molecular complexity index is 1200. The highest BCUT2D eigenvalue weighted by Crippen LogP contribution is 2.36. The van der Waals surface area contributed by atoms with Crippen molar-refractivity contribution in [2.75, 3.05) is 24.5 Å². The molecule has 1 aromatic heterocycles. The van der Waals surface area contributed by atoms with Crippen molar-refractivity contribution < 1.29 is 14.5 Å². The molecule has 0 spiro atoms. The van der Waals surface area contributed by atoms with E-state index in [9.17, 15) is 19.7 Å². The number of carbonyl (C=O) groups is 2. The number of carbonyl (C=O) groups excluding carboxylic acids is 2. The van der Waals surface area contributed by atoms with Gasteiger partial charge in [0, 0.05) is 48.0 Å². The van der Waals surface area contributed by atoms with E-state index in [0.29, 0.717) is 22.3 Å². The van der Waals surface area contributed by atoms with Crippen LogP contribution in [0.1, 0.15) is 21.6 Å². The molecule has 9 nitrogen and oxygen atoms in total. The first kappa shape index (κ1) is 22.7. The van der Waals surface area contributed by atoms with Gasteiger partial charge in [-0.3, -0.25) is 19.7 Å². The fourth-order valence-corrected chi connectivity index (χ4v) is 5.21. The van der Waals surface area contributed by atoms with Gasteiger partial charge < -0.3 is 15.5 Å². The topological polar surface area (TPSA) is 117 Å². The molecule has 0 aliphatic carbocycles. The average molecular weight is 484 g/mol. The molecule has 33 heavy (non-hydrogen) atoms. The minimum atomic E-state index is -0.487. The van der Waals surface area contributed by atoms with Gasteiger partial charge in [-0.15, -0.1) is 11.3 Å². The molecule has 0 saturated carbocycles. The molecule has 0 bridgehead atoms. The number of piperazine rings is 1. The van der Waals surface area contributed by atoms with Crippen molar-refractivity contribution in [1.82, 2.24) is 15.6 Å². The van der Waals surface area contributed by atoms with Crippen molar-refractivity contribution in [3.8, 4) is 0 Å². The number of nitrogens with zero attached hydrogens (tertiary/aromatic N) is 3. The van der Waals surface area contributed by atoms with E-state index in [0.717, 1.165) is 23.5 Å². The van der Waals surface area contributed by atoms with E-state index < -0.39 is 10.8 Å². The summed E-state index contributed by atoms with van der Waals surface area (Å²) in [6, 6.07) is 12.1. The first-order chi connectivity index (χ1) is 15.9. The third-order valence-electron chi connectivity index (χ3n) is 5.01. The van der Waals surface area contributed by atoms with Crippen LogP contribution >= 0.6 is 23.1 Å². The Kier molecular flexibility index (Phi) is 6.90. The number of rotatable bonds is 7. The summed E-state index contributed by atoms with van der Waals surface area (Å²) < 4.78 is 0.710. The third kappa shape index (κ3) is 5.68. The SMILES string of the molecule is Cc1csc(Sc2ccc(C(=O)NCc3ccc(N4CCNC(=O)C4)cc3)cc2[N+](=O)[O-])n1. The standard InChI is InChI=1S/C22H21N5O4S2/c1-14-13-32-22(25-14)33-19-7-4-16(10-18(19)27(30)31)21(29)24-11-15-2-5-17(6-3-15)26-9-8-23-20(28)12-26/h2-7,10,13H,8-9,11-12H2,1H3,(H,23,28)(H,24,29). The highest BCUT2D eigenvalue weighted by atomic mass is 32.2. The van der Waals surface area contributed by atoms with Crippen molar-refractivity contribution in [3.63, 3.8) is 0 Å². The van der Waals surface area contributed by atoms with Gasteiger partial charge in [0.15, 0.2) is 4.34 Å². The average Bonchev–Trinajstić information content (AvgIpc) is 3.22. The highest BCUT2D eigenvalue weighted by molar-refractivity contribution is 8.01. The second-order valence-corrected chi connectivity index (χ2v) is 9.56. The van der Waals surface area contributed by atoms with Crippen LogP contribution < -0.4 is 15.5 Å². The maximum Gasteiger partial charge on any atom is 0.284 e. The van der Waals surface area contributed by atoms with Crippen molar-refractivity contribution in [1.29, 1.82) is 0 Å². The predicted octanol–water partition coefficient (Wildman–Crippen LogP) is 3.38. The molecule has 2 heterocycles. The quantitative estimate of drug-likeness (QED) is 0.391. The van der Waals surface area contributed by atoms with Gasteiger partial charge in [0.05, 0.1) is 16.4 Å². The maximum absolute atomic E-state index is 12.6. The Hall–Kier alpha value is -3.44. The molecule has 11 heteroatoms. The van der Waals surface area contributed by atoms with Crippen LogP contribution in [0.4, 0.5) is 11.4 Å². The molecule has 1 aliphatic rings. The van der Waals surface area contributed by atoms with Crippen molar-refractivity contribution >= 4 is 46.3 Å². The Labute approximate surface area is 198 Å². The predicted molar refractivity (Wildman–Crippen MR) is 127 cm³/mol. The van der Waals surface area contributed by atoms with Gasteiger partial charge in [0.25, 0.3) is 11.6 Å². The summed E-state index contributed by atoms with van der Waals surface area (Å²) in [7, 11) is 0. The largest absolute Gasteiger partial charge is 0.360 e. The number of anilines is 1. The number of nitro groups is 1. The molecular formula is C22H21N5O4S2. The summed E-state index contributed by atoms with van der Waals surface area (Å²) >= 11 is 2.63. The number of aromatic nitrogens is 1. The molecule has 2 amide bonds. The molecule has 1 fully saturated rings. The summed E-state index contributed by atoms with van der Waals surface area (Å²) in [5, 5.41) is 19.0. The lowest BCUT2D eigenvalue weighted by atomic mass is 10.1. The zero-order valence-electron chi connectivity index (χ0n) is 17.7. The molecule has 0 unspecified atom stereocenters. The number of hydrogen-bond acceptors (Lipinski definition) is 8. The van der Waals surface area contributed by atoms with Crippen LogP contribution in [0.15, 0.2) is 57.1 Å². The van der Waals surface area contributed by atoms with E-state index in [2.05, 4.69) is 15.6 Å². The van der Waals surface area contributed by atoms with Gasteiger partial charge in [-0.1, -0.05) is 23.9 Å². The fraction of sp³-hybridized carbons (Fsp3) is 0.227. The Balaban J connectivity index is 1.40. The number of hydrogen-bond donors (Lipinski definition) is 2. The lowest BCUT2D eigenvalue weighted by Crippen LogP contribution is -2.47. The van der Waals surface area contributed by atoms with Crippen LogP contribution in [0.2, 0.25) is 0 Å². The number of thiazole rings is 1. The summed E-state index contributed by atoms with van der Waals surface area (Å²) in [6.45, 7) is 3.83. The molecule has 2 aromatic carbocycles. The number of benzene rings is 2. The molecule has 3 aromatic rings. The fourth-order valence-electron chi connectivity index (χ4n) is 3.33. The molecule has 170 valence electrons. The minimum absolute atomic E-state index is 0.00197. The summed E-state index contributed by atoms with van der Waals surface area (Å²) in [6.07, 6.45) is 0. The zero-order chi connectivity index (χ0) is 23.4. The van der Waals surface area contributed by atoms with Crippen LogP contribution in [0, 0.1) is 17.0 Å². The van der Waals surface area contributed by atoms with Gasteiger partial charge in [-0.2, -0.15) is 0 Å². The summed E-state index contributed by atoms with van der Waals surface area (Å²) in [5.41, 5.74) is 2.77. The maximum atomic E-state index is 12.6. The van der Waals surface area contributed by atoms with E-state index in [4.69, 9.17) is 0 Å². The van der Waals surface area contributed by atoms with Crippen LogP contribution in [-0.4, -0.2) is 41.4 Å². The van der Waals surface area contributed by atoms with Gasteiger partial charge in [0.2, 0.25) is 5.91 Å². The number of aryl methyl sites for hydroxylation is 1. The van der Waals surface area contributed by atoms with Crippen molar-refractivity contribution in [2.45, 2.75) is 22.7 Å². The minimum Gasteiger partial charge on any atom is -0.360 e. The van der Waals surface area contributed by atoms with Crippen LogP contribution in [-0.2, 0) is 11.3 Å². The molecule has 1 saturated heterocycles. The highest BCUT2D eigenvalue weighted by Gasteiger charge is 2.20. The molecule has 4 rings (SSSR count). The van der Waals surface area contributed by atoms with Gasteiger partial charge >= 0.3 is 0 Å². The van der Waals surface area contributed by atoms with E-state index in [1.807, 2.05) is 41.5 Å². The molecule has 1 aliphatic heterocycles. The molecule has 0 radical (unpaired) electrons. The molecule has 2 N–H and O–H groups in total. The first-order valence-corrected chi connectivity index (χ1v) is 11.9. The first-order valence-electron chi connectivity index (χ1n) is 10.2. The lowest BCUT2D eigenvalue weighted by Gasteiger charge is -2.28. The Morgan fingerprint density at radius 2 is 2.09 bits per heavy atom. The molecule has 0 atom stereocenters. The van der Waals surface area contributed by atoms with Crippen molar-refractivity contribution in [3.05, 3.63) is 74.8 Å². The van der Waals surface area contributed by atoms with Crippen LogP contribution in [0.3, 0.4) is 0 Å². The lowest BCUT2D eigenvalue weighted by molar-refractivity contribution is -0.387. The smallest absolute Gasteiger partial charge is 0.284 e. The van der Waals surface area contributed by atoms with Crippen molar-refractivity contribution in [2.24, 2.45) is 0 Å². The van der Waals surface area contributed by atoms with E-state index in [1.165, 1.54) is 29.2 Å². The number of nitro benzene ring substituents is 1. The molecular weight excluding hydrogens is 462 g/mol. The Morgan fingerprint density at radius 1 is 1.30 bits per heavy atom. The van der Waals surface area contributed by atoms with Crippen LogP contribution in [0.5, 0.6) is 0 Å². The normalized spacial score (nSPS) is 13.5. The van der Waals surface area contributed by atoms with E-state index in [1.54, 1.807) is 12.1 Å². The summed E-state index contributed by atoms with van der Waals surface area (Å²) in [4.78, 5) is 42.0. The monoisotopic (exact) mass is 483 g/mol. The zero-order valence-corrected chi connectivity index (χ0v) is 19.4. The summed E-state index contributed by atoms with van der Waals surface area (Å²) in [5.74, 6) is -0.394. The van der Waals surface area contributed by atoms with E-state index in [-0.39, 0.29) is 23.7 Å². The number of amides is 2. The third-order valence-corrected chi connectivity index (χ3v) is 7.13. The van der Waals surface area contributed by atoms with E-state index >= 15 is 0 Å². The van der Waals surface area contributed by atoms with Gasteiger partial charge in [0.1, 0.15) is 0 Å². The Morgan fingerprint density at radius 3 is 2.76 bits per heavy atom. The number of nitrogens with one attached hydrogen (secondary N) is 2. The van der Waals surface area contributed by atoms with Gasteiger partial charge in [-0.05, 0) is 36.8 Å². The second kappa shape index (κ2) is 10.0.